The second-order valence-corrected chi connectivity index (χ2v) is 4.33. The summed E-state index contributed by atoms with van der Waals surface area (Å²) in [4.78, 5) is 2.55. The molecule has 0 bridgehead atoms. The van der Waals surface area contributed by atoms with Crippen LogP contribution in [0, 0.1) is 0 Å². The van der Waals surface area contributed by atoms with Crippen LogP contribution >= 0.6 is 0 Å². The first kappa shape index (κ1) is 12.9. The fourth-order valence-corrected chi connectivity index (χ4v) is 2.01. The van der Waals surface area contributed by atoms with Gasteiger partial charge >= 0.3 is 0 Å². The summed E-state index contributed by atoms with van der Waals surface area (Å²) < 4.78 is 5.43. The smallest absolute Gasteiger partial charge is 0.0593 e. The first-order chi connectivity index (χ1) is 7.43. The second-order valence-electron chi connectivity index (χ2n) is 4.33. The van der Waals surface area contributed by atoms with E-state index in [4.69, 9.17) is 4.74 Å². The topological polar surface area (TPSA) is 24.5 Å². The zero-order valence-electron chi connectivity index (χ0n) is 10.1. The van der Waals surface area contributed by atoms with Crippen molar-refractivity contribution in [1.29, 1.82) is 0 Å². The highest BCUT2D eigenvalue weighted by Crippen LogP contribution is 2.04. The highest BCUT2D eigenvalue weighted by molar-refractivity contribution is 4.61. The number of nitrogens with one attached hydrogen (secondary N) is 1. The van der Waals surface area contributed by atoms with Crippen LogP contribution in [0.5, 0.6) is 0 Å². The maximum Gasteiger partial charge on any atom is 0.0593 e. The molecule has 0 aliphatic carbocycles. The minimum Gasteiger partial charge on any atom is -0.380 e. The molecular weight excluding hydrogens is 188 g/mol. The van der Waals surface area contributed by atoms with Gasteiger partial charge in [-0.25, -0.2) is 0 Å². The van der Waals surface area contributed by atoms with Gasteiger partial charge in [-0.2, -0.15) is 0 Å². The molecule has 90 valence electrons. The minimum atomic E-state index is 0.930. The van der Waals surface area contributed by atoms with E-state index < -0.39 is 0 Å². The van der Waals surface area contributed by atoms with Crippen molar-refractivity contribution in [3.63, 3.8) is 0 Å². The molecule has 1 aliphatic rings. The summed E-state index contributed by atoms with van der Waals surface area (Å²) in [5.74, 6) is 0. The highest BCUT2D eigenvalue weighted by Gasteiger charge is 2.07. The van der Waals surface area contributed by atoms with Crippen molar-refractivity contribution in [3.05, 3.63) is 0 Å². The number of rotatable bonds is 7. The van der Waals surface area contributed by atoms with Crippen LogP contribution in [0.2, 0.25) is 0 Å². The third-order valence-electron chi connectivity index (χ3n) is 2.97. The van der Waals surface area contributed by atoms with Gasteiger partial charge in [0.1, 0.15) is 0 Å². The van der Waals surface area contributed by atoms with Crippen LogP contribution in [0.25, 0.3) is 0 Å². The molecule has 0 atom stereocenters. The van der Waals surface area contributed by atoms with Crippen LogP contribution in [-0.4, -0.2) is 51.3 Å². The lowest BCUT2D eigenvalue weighted by Gasteiger charge is -2.18. The molecule has 0 aromatic heterocycles. The van der Waals surface area contributed by atoms with Gasteiger partial charge in [-0.05, 0) is 39.4 Å². The molecule has 0 unspecified atom stereocenters. The number of hydrogen-bond donors (Lipinski definition) is 1. The van der Waals surface area contributed by atoms with Gasteiger partial charge in [0, 0.05) is 19.7 Å². The molecule has 3 nitrogen and oxygen atoms in total. The Kier molecular flexibility index (Phi) is 7.88. The third-order valence-corrected chi connectivity index (χ3v) is 2.97. The molecule has 0 aromatic carbocycles. The summed E-state index contributed by atoms with van der Waals surface area (Å²) in [6.07, 6.45) is 6.62. The van der Waals surface area contributed by atoms with Gasteiger partial charge in [0.05, 0.1) is 6.61 Å². The maximum absolute atomic E-state index is 5.43. The molecule has 0 saturated carbocycles. The summed E-state index contributed by atoms with van der Waals surface area (Å²) in [6.45, 7) is 6.69. The molecule has 3 heteroatoms. The average molecular weight is 214 g/mol. The SMILES string of the molecule is CNCCCCCCN1CCCOCC1. The molecule has 1 aliphatic heterocycles. The predicted octanol–water partition coefficient (Wildman–Crippen LogP) is 1.49. The molecule has 0 amide bonds. The van der Waals surface area contributed by atoms with Crippen molar-refractivity contribution in [2.45, 2.75) is 32.1 Å². The van der Waals surface area contributed by atoms with Crippen LogP contribution in [-0.2, 0) is 4.74 Å². The summed E-state index contributed by atoms with van der Waals surface area (Å²) in [7, 11) is 2.03. The Bertz CT molecular complexity index is 134. The lowest BCUT2D eigenvalue weighted by Crippen LogP contribution is -2.27. The minimum absolute atomic E-state index is 0.930. The van der Waals surface area contributed by atoms with Gasteiger partial charge in [-0.15, -0.1) is 0 Å². The van der Waals surface area contributed by atoms with E-state index in [1.165, 1.54) is 45.2 Å². The van der Waals surface area contributed by atoms with Crippen LogP contribution in [0.3, 0.4) is 0 Å². The van der Waals surface area contributed by atoms with Crippen LogP contribution in [0.4, 0.5) is 0 Å². The Morgan fingerprint density at radius 2 is 1.93 bits per heavy atom. The number of ether oxygens (including phenoxy) is 1. The standard InChI is InChI=1S/C12H26N2O/c1-13-7-4-2-3-5-8-14-9-6-11-15-12-10-14/h13H,2-12H2,1H3. The number of unbranched alkanes of at least 4 members (excludes halogenated alkanes) is 3. The van der Waals surface area contributed by atoms with Crippen molar-refractivity contribution in [2.24, 2.45) is 0 Å². The largest absolute Gasteiger partial charge is 0.380 e. The van der Waals surface area contributed by atoms with Crippen molar-refractivity contribution >= 4 is 0 Å². The summed E-state index contributed by atoms with van der Waals surface area (Å²) in [5.41, 5.74) is 0. The van der Waals surface area contributed by atoms with Crippen molar-refractivity contribution in [3.8, 4) is 0 Å². The highest BCUT2D eigenvalue weighted by atomic mass is 16.5. The predicted molar refractivity (Wildman–Crippen MR) is 64.3 cm³/mol. The van der Waals surface area contributed by atoms with Gasteiger partial charge in [-0.1, -0.05) is 12.8 Å². The molecule has 1 heterocycles. The Morgan fingerprint density at radius 1 is 1.07 bits per heavy atom. The lowest BCUT2D eigenvalue weighted by atomic mass is 10.2. The molecule has 1 fully saturated rings. The Morgan fingerprint density at radius 3 is 2.80 bits per heavy atom. The Hall–Kier alpha value is -0.120. The molecule has 1 saturated heterocycles. The van der Waals surface area contributed by atoms with E-state index in [1.54, 1.807) is 0 Å². The van der Waals surface area contributed by atoms with E-state index in [2.05, 4.69) is 10.2 Å². The number of hydrogen-bond acceptors (Lipinski definition) is 3. The molecule has 0 radical (unpaired) electrons. The van der Waals surface area contributed by atoms with E-state index in [0.29, 0.717) is 0 Å². The first-order valence-electron chi connectivity index (χ1n) is 6.38. The van der Waals surface area contributed by atoms with Crippen molar-refractivity contribution in [1.82, 2.24) is 10.2 Å². The summed E-state index contributed by atoms with van der Waals surface area (Å²) in [5, 5.41) is 3.19. The second kappa shape index (κ2) is 9.13. The van der Waals surface area contributed by atoms with E-state index >= 15 is 0 Å². The van der Waals surface area contributed by atoms with Gasteiger partial charge in [0.15, 0.2) is 0 Å². The molecule has 0 spiro atoms. The van der Waals surface area contributed by atoms with Gasteiger partial charge < -0.3 is 15.0 Å². The molecular formula is C12H26N2O. The zero-order valence-corrected chi connectivity index (χ0v) is 10.1. The van der Waals surface area contributed by atoms with Crippen molar-refractivity contribution in [2.75, 3.05) is 46.4 Å². The fraction of sp³-hybridized carbons (Fsp3) is 1.00. The van der Waals surface area contributed by atoms with Crippen LogP contribution < -0.4 is 5.32 Å². The van der Waals surface area contributed by atoms with Gasteiger partial charge in [0.25, 0.3) is 0 Å². The van der Waals surface area contributed by atoms with Crippen LogP contribution in [0.1, 0.15) is 32.1 Å². The quantitative estimate of drug-likeness (QED) is 0.650. The Balaban J connectivity index is 1.89. The van der Waals surface area contributed by atoms with Gasteiger partial charge in [0.2, 0.25) is 0 Å². The van der Waals surface area contributed by atoms with Crippen molar-refractivity contribution < 1.29 is 4.74 Å². The summed E-state index contributed by atoms with van der Waals surface area (Å²) in [6, 6.07) is 0. The molecule has 0 aromatic rings. The lowest BCUT2D eigenvalue weighted by molar-refractivity contribution is 0.141. The van der Waals surface area contributed by atoms with Gasteiger partial charge in [-0.3, -0.25) is 0 Å². The van der Waals surface area contributed by atoms with E-state index in [-0.39, 0.29) is 0 Å². The third kappa shape index (κ3) is 6.88. The first-order valence-corrected chi connectivity index (χ1v) is 6.38. The van der Waals surface area contributed by atoms with Crippen LogP contribution in [0.15, 0.2) is 0 Å². The van der Waals surface area contributed by atoms with E-state index in [0.717, 1.165) is 26.3 Å². The molecule has 15 heavy (non-hydrogen) atoms. The van der Waals surface area contributed by atoms with E-state index in [1.807, 2.05) is 7.05 Å². The normalized spacial score (nSPS) is 19.0. The summed E-state index contributed by atoms with van der Waals surface area (Å²) >= 11 is 0. The number of nitrogens with zero attached hydrogens (tertiary/aromatic N) is 1. The fourth-order valence-electron chi connectivity index (χ4n) is 2.01. The monoisotopic (exact) mass is 214 g/mol. The Labute approximate surface area is 94.2 Å². The average Bonchev–Trinajstić information content (AvgIpc) is 2.52. The molecule has 1 rings (SSSR count). The van der Waals surface area contributed by atoms with E-state index in [9.17, 15) is 0 Å². The zero-order chi connectivity index (χ0) is 10.8. The maximum atomic E-state index is 5.43. The molecule has 1 N–H and O–H groups in total.